The molecule has 21 heavy (non-hydrogen) atoms. The van der Waals surface area contributed by atoms with Crippen LogP contribution in [0.3, 0.4) is 0 Å². The highest BCUT2D eigenvalue weighted by Crippen LogP contribution is 2.16. The third kappa shape index (κ3) is 4.39. The number of rotatable bonds is 6. The van der Waals surface area contributed by atoms with Gasteiger partial charge in [-0.25, -0.2) is 0 Å². The fourth-order valence-corrected chi connectivity index (χ4v) is 2.99. The Morgan fingerprint density at radius 1 is 1.10 bits per heavy atom. The second-order valence-electron chi connectivity index (χ2n) is 6.46. The van der Waals surface area contributed by atoms with E-state index in [2.05, 4.69) is 29.7 Å². The third-order valence-corrected chi connectivity index (χ3v) is 4.55. The van der Waals surface area contributed by atoms with Gasteiger partial charge in [-0.15, -0.1) is 0 Å². The zero-order valence-electron chi connectivity index (χ0n) is 13.9. The molecule has 2 rings (SSSR count). The number of Topliss-reactive ketones (excluding diaryl/α,β-unsaturated/α-hetero) is 1. The molecule has 0 radical (unpaired) electrons. The van der Waals surface area contributed by atoms with Gasteiger partial charge in [0.2, 0.25) is 0 Å². The van der Waals surface area contributed by atoms with Crippen molar-refractivity contribution >= 4 is 5.78 Å². The second kappa shape index (κ2) is 7.19. The van der Waals surface area contributed by atoms with E-state index in [9.17, 15) is 4.79 Å². The van der Waals surface area contributed by atoms with Crippen molar-refractivity contribution in [1.82, 2.24) is 9.80 Å². The van der Waals surface area contributed by atoms with Crippen LogP contribution in [0.5, 0.6) is 0 Å². The molecule has 0 spiro atoms. The topological polar surface area (TPSA) is 23.6 Å². The maximum atomic E-state index is 12.5. The molecule has 1 fully saturated rings. The van der Waals surface area contributed by atoms with Crippen molar-refractivity contribution in [2.24, 2.45) is 0 Å². The first-order chi connectivity index (χ1) is 9.97. The van der Waals surface area contributed by atoms with Crippen molar-refractivity contribution in [3.63, 3.8) is 0 Å². The number of benzene rings is 1. The van der Waals surface area contributed by atoms with Crippen molar-refractivity contribution in [2.75, 3.05) is 39.8 Å². The van der Waals surface area contributed by atoms with Gasteiger partial charge in [-0.05, 0) is 76.5 Å². The van der Waals surface area contributed by atoms with Crippen molar-refractivity contribution < 1.29 is 4.79 Å². The Morgan fingerprint density at radius 3 is 2.38 bits per heavy atom. The van der Waals surface area contributed by atoms with E-state index >= 15 is 0 Å². The Hall–Kier alpha value is -1.19. The van der Waals surface area contributed by atoms with Gasteiger partial charge in [0, 0.05) is 18.7 Å². The number of ketones is 1. The van der Waals surface area contributed by atoms with E-state index in [1.165, 1.54) is 37.1 Å². The fourth-order valence-electron chi connectivity index (χ4n) is 2.99. The molecular weight excluding hydrogens is 260 g/mol. The molecule has 3 heteroatoms. The maximum Gasteiger partial charge on any atom is 0.177 e. The Morgan fingerprint density at radius 2 is 1.71 bits per heavy atom. The molecule has 0 saturated carbocycles. The molecule has 0 aromatic heterocycles. The number of likely N-dealkylation sites (tertiary alicyclic amines) is 1. The molecule has 3 nitrogen and oxygen atoms in total. The number of carbonyl (C=O) groups excluding carboxylic acids is 1. The average molecular weight is 288 g/mol. The van der Waals surface area contributed by atoms with Gasteiger partial charge in [0.1, 0.15) is 0 Å². The lowest BCUT2D eigenvalue weighted by atomic mass is 9.98. The van der Waals surface area contributed by atoms with Crippen LogP contribution in [0.4, 0.5) is 0 Å². The van der Waals surface area contributed by atoms with Gasteiger partial charge < -0.3 is 4.90 Å². The van der Waals surface area contributed by atoms with Crippen LogP contribution in [-0.4, -0.2) is 55.4 Å². The summed E-state index contributed by atoms with van der Waals surface area (Å²) in [5.74, 6) is 0.236. The van der Waals surface area contributed by atoms with Crippen LogP contribution in [0.25, 0.3) is 0 Å². The Balaban J connectivity index is 1.89. The van der Waals surface area contributed by atoms with Crippen LogP contribution in [-0.2, 0) is 0 Å². The van der Waals surface area contributed by atoms with Gasteiger partial charge in [-0.2, -0.15) is 0 Å². The highest BCUT2D eigenvalue weighted by Gasteiger charge is 2.15. The van der Waals surface area contributed by atoms with E-state index in [-0.39, 0.29) is 5.78 Å². The highest BCUT2D eigenvalue weighted by molar-refractivity contribution is 5.99. The van der Waals surface area contributed by atoms with Gasteiger partial charge in [0.05, 0.1) is 6.54 Å². The summed E-state index contributed by atoms with van der Waals surface area (Å²) in [6.07, 6.45) is 2.65. The number of hydrogen-bond donors (Lipinski definition) is 0. The lowest BCUT2D eigenvalue weighted by molar-refractivity contribution is 0.0940. The molecular formula is C18H28N2O. The molecule has 1 aliphatic heterocycles. The Bertz CT molecular complexity index is 504. The zero-order valence-corrected chi connectivity index (χ0v) is 13.9. The predicted octanol–water partition coefficient (Wildman–Crippen LogP) is 2.82. The lowest BCUT2D eigenvalue weighted by Crippen LogP contribution is -2.34. The molecule has 0 atom stereocenters. The van der Waals surface area contributed by atoms with Gasteiger partial charge in [0.15, 0.2) is 5.78 Å². The summed E-state index contributed by atoms with van der Waals surface area (Å²) in [6.45, 7) is 11.2. The van der Waals surface area contributed by atoms with E-state index in [1.807, 2.05) is 20.0 Å². The maximum absolute atomic E-state index is 12.5. The molecule has 0 bridgehead atoms. The van der Waals surface area contributed by atoms with Gasteiger partial charge in [0.25, 0.3) is 0 Å². The number of nitrogens with zero attached hydrogens (tertiary/aromatic N) is 2. The third-order valence-electron chi connectivity index (χ3n) is 4.55. The minimum absolute atomic E-state index is 0.236. The summed E-state index contributed by atoms with van der Waals surface area (Å²) < 4.78 is 0. The molecule has 1 heterocycles. The summed E-state index contributed by atoms with van der Waals surface area (Å²) in [5.41, 5.74) is 4.43. The average Bonchev–Trinajstić information content (AvgIpc) is 2.93. The Kier molecular flexibility index (Phi) is 5.54. The minimum Gasteiger partial charge on any atom is -0.302 e. The first-order valence-corrected chi connectivity index (χ1v) is 7.99. The standard InChI is InChI=1S/C18H28N2O/c1-14-11-16(3)17(12-15(14)2)18(21)13-19(4)9-10-20-7-5-6-8-20/h11-12H,5-10,13H2,1-4H3. The van der Waals surface area contributed by atoms with E-state index in [1.54, 1.807) is 0 Å². The minimum atomic E-state index is 0.236. The van der Waals surface area contributed by atoms with Crippen LogP contribution in [0.15, 0.2) is 12.1 Å². The van der Waals surface area contributed by atoms with E-state index < -0.39 is 0 Å². The van der Waals surface area contributed by atoms with Crippen LogP contribution < -0.4 is 0 Å². The lowest BCUT2D eigenvalue weighted by Gasteiger charge is -2.21. The largest absolute Gasteiger partial charge is 0.302 e. The number of hydrogen-bond acceptors (Lipinski definition) is 3. The molecule has 1 aromatic rings. The molecule has 0 unspecified atom stereocenters. The molecule has 0 aliphatic carbocycles. The van der Waals surface area contributed by atoms with Crippen LogP contribution in [0, 0.1) is 20.8 Å². The monoisotopic (exact) mass is 288 g/mol. The van der Waals surface area contributed by atoms with E-state index in [0.29, 0.717) is 6.54 Å². The van der Waals surface area contributed by atoms with Crippen LogP contribution >= 0.6 is 0 Å². The number of carbonyl (C=O) groups is 1. The van der Waals surface area contributed by atoms with Crippen LogP contribution in [0.2, 0.25) is 0 Å². The molecule has 116 valence electrons. The van der Waals surface area contributed by atoms with Crippen molar-refractivity contribution in [3.8, 4) is 0 Å². The zero-order chi connectivity index (χ0) is 15.4. The Labute approximate surface area is 128 Å². The molecule has 1 saturated heterocycles. The highest BCUT2D eigenvalue weighted by atomic mass is 16.1. The number of aryl methyl sites for hydroxylation is 3. The van der Waals surface area contributed by atoms with Gasteiger partial charge in [-0.3, -0.25) is 9.69 Å². The normalized spacial score (nSPS) is 15.9. The molecule has 0 N–H and O–H groups in total. The first-order valence-electron chi connectivity index (χ1n) is 7.99. The molecule has 1 aromatic carbocycles. The van der Waals surface area contributed by atoms with Crippen molar-refractivity contribution in [3.05, 3.63) is 34.4 Å². The van der Waals surface area contributed by atoms with Crippen molar-refractivity contribution in [1.29, 1.82) is 0 Å². The summed E-state index contributed by atoms with van der Waals surface area (Å²) >= 11 is 0. The molecule has 0 amide bonds. The smallest absolute Gasteiger partial charge is 0.177 e. The summed E-state index contributed by atoms with van der Waals surface area (Å²) in [4.78, 5) is 17.1. The number of likely N-dealkylation sites (N-methyl/N-ethyl adjacent to an activating group) is 1. The summed E-state index contributed by atoms with van der Waals surface area (Å²) in [7, 11) is 2.05. The van der Waals surface area contributed by atoms with Gasteiger partial charge >= 0.3 is 0 Å². The SMILES string of the molecule is Cc1cc(C)c(C(=O)CN(C)CCN2CCCC2)cc1C. The fraction of sp³-hybridized carbons (Fsp3) is 0.611. The predicted molar refractivity (Wildman–Crippen MR) is 88.2 cm³/mol. The summed E-state index contributed by atoms with van der Waals surface area (Å²) in [6, 6.07) is 4.16. The van der Waals surface area contributed by atoms with Crippen LogP contribution in [0.1, 0.15) is 39.9 Å². The van der Waals surface area contributed by atoms with E-state index in [4.69, 9.17) is 0 Å². The van der Waals surface area contributed by atoms with E-state index in [0.717, 1.165) is 24.2 Å². The van der Waals surface area contributed by atoms with Gasteiger partial charge in [-0.1, -0.05) is 6.07 Å². The molecule has 1 aliphatic rings. The summed E-state index contributed by atoms with van der Waals surface area (Å²) in [5, 5.41) is 0. The quantitative estimate of drug-likeness (QED) is 0.752. The second-order valence-corrected chi connectivity index (χ2v) is 6.46. The van der Waals surface area contributed by atoms with Crippen molar-refractivity contribution in [2.45, 2.75) is 33.6 Å². The first kappa shape index (κ1) is 16.2.